The molecule has 15 heavy (non-hydrogen) atoms. The summed E-state index contributed by atoms with van der Waals surface area (Å²) in [7, 11) is 0. The number of primary amides is 1. The molecule has 0 aliphatic carbocycles. The Morgan fingerprint density at radius 2 is 2.47 bits per heavy atom. The number of amides is 1. The van der Waals surface area contributed by atoms with Gasteiger partial charge in [-0.05, 0) is 6.07 Å². The summed E-state index contributed by atoms with van der Waals surface area (Å²) in [4.78, 5) is 14.8. The van der Waals surface area contributed by atoms with Crippen LogP contribution in [0.3, 0.4) is 0 Å². The lowest BCUT2D eigenvalue weighted by molar-refractivity contribution is 0.0999. The molecule has 80 valence electrons. The number of rotatable bonds is 3. The molecule has 1 atom stereocenters. The summed E-state index contributed by atoms with van der Waals surface area (Å²) in [6.07, 6.45) is 2.35. The zero-order chi connectivity index (χ0) is 10.7. The first-order valence-corrected chi connectivity index (χ1v) is 4.76. The summed E-state index contributed by atoms with van der Waals surface area (Å²) in [6, 6.07) is 3.24. The maximum atomic E-state index is 10.8. The number of hydrogen-bond acceptors (Lipinski definition) is 4. The van der Waals surface area contributed by atoms with Crippen molar-refractivity contribution in [3.05, 3.63) is 23.9 Å². The van der Waals surface area contributed by atoms with E-state index in [-0.39, 0.29) is 6.10 Å². The highest BCUT2D eigenvalue weighted by Gasteiger charge is 2.17. The molecule has 0 saturated carbocycles. The van der Waals surface area contributed by atoms with Crippen LogP contribution in [-0.4, -0.2) is 30.2 Å². The highest BCUT2D eigenvalue weighted by Crippen LogP contribution is 2.14. The second kappa shape index (κ2) is 4.27. The third-order valence-corrected chi connectivity index (χ3v) is 2.20. The number of carbonyl (C=O) groups excluding carboxylic acids is 1. The van der Waals surface area contributed by atoms with Crippen LogP contribution in [0.4, 0.5) is 0 Å². The first-order chi connectivity index (χ1) is 7.25. The molecule has 1 fully saturated rings. The van der Waals surface area contributed by atoms with Gasteiger partial charge in [-0.3, -0.25) is 4.79 Å². The summed E-state index contributed by atoms with van der Waals surface area (Å²) in [6.45, 7) is 1.32. The Labute approximate surface area is 87.2 Å². The van der Waals surface area contributed by atoms with E-state index in [9.17, 15) is 4.79 Å². The van der Waals surface area contributed by atoms with Gasteiger partial charge in [-0.25, -0.2) is 4.98 Å². The van der Waals surface area contributed by atoms with Crippen molar-refractivity contribution in [3.8, 4) is 5.88 Å². The molecule has 1 aliphatic heterocycles. The van der Waals surface area contributed by atoms with E-state index in [0.717, 1.165) is 13.0 Å². The third-order valence-electron chi connectivity index (χ3n) is 2.20. The van der Waals surface area contributed by atoms with E-state index in [1.807, 2.05) is 0 Å². The average molecular weight is 208 g/mol. The molecule has 5 nitrogen and oxygen atoms in total. The van der Waals surface area contributed by atoms with Crippen LogP contribution in [0.5, 0.6) is 5.88 Å². The summed E-state index contributed by atoms with van der Waals surface area (Å²) >= 11 is 0. The van der Waals surface area contributed by atoms with Crippen LogP contribution in [0.15, 0.2) is 18.3 Å². The van der Waals surface area contributed by atoms with Gasteiger partial charge in [-0.2, -0.15) is 0 Å². The molecule has 1 amide bonds. The van der Waals surface area contributed by atoms with Crippen LogP contribution < -0.4 is 10.5 Å². The van der Waals surface area contributed by atoms with E-state index in [2.05, 4.69) is 4.98 Å². The molecule has 2 rings (SSSR count). The van der Waals surface area contributed by atoms with Gasteiger partial charge in [0.15, 0.2) is 0 Å². The molecule has 2 N–H and O–H groups in total. The highest BCUT2D eigenvalue weighted by atomic mass is 16.5. The number of nitrogens with two attached hydrogens (primary N) is 1. The van der Waals surface area contributed by atoms with E-state index in [1.54, 1.807) is 12.1 Å². The lowest BCUT2D eigenvalue weighted by atomic mass is 10.3. The SMILES string of the molecule is NC(=O)c1ccc(O[C@H]2CCOC2)nc1. The fourth-order valence-electron chi connectivity index (χ4n) is 1.37. The lowest BCUT2D eigenvalue weighted by Gasteiger charge is -2.10. The largest absolute Gasteiger partial charge is 0.472 e. The van der Waals surface area contributed by atoms with Gasteiger partial charge < -0.3 is 15.2 Å². The van der Waals surface area contributed by atoms with E-state index >= 15 is 0 Å². The molecular weight excluding hydrogens is 196 g/mol. The van der Waals surface area contributed by atoms with Crippen molar-refractivity contribution in [2.24, 2.45) is 5.73 Å². The molecule has 0 bridgehead atoms. The fourth-order valence-corrected chi connectivity index (χ4v) is 1.37. The molecular formula is C10H12N2O3. The lowest BCUT2D eigenvalue weighted by Crippen LogP contribution is -2.17. The predicted octanol–water partition coefficient (Wildman–Crippen LogP) is 0.348. The molecule has 0 radical (unpaired) electrons. The van der Waals surface area contributed by atoms with Crippen LogP contribution in [0, 0.1) is 0 Å². The maximum Gasteiger partial charge on any atom is 0.250 e. The van der Waals surface area contributed by atoms with Crippen molar-refractivity contribution < 1.29 is 14.3 Å². The van der Waals surface area contributed by atoms with Crippen LogP contribution in [0.25, 0.3) is 0 Å². The fraction of sp³-hybridized carbons (Fsp3) is 0.400. The number of nitrogens with zero attached hydrogens (tertiary/aromatic N) is 1. The minimum Gasteiger partial charge on any atom is -0.472 e. The van der Waals surface area contributed by atoms with Crippen molar-refractivity contribution in [3.63, 3.8) is 0 Å². The number of carbonyl (C=O) groups is 1. The Morgan fingerprint density at radius 1 is 1.60 bits per heavy atom. The van der Waals surface area contributed by atoms with Crippen molar-refractivity contribution in [2.45, 2.75) is 12.5 Å². The Bertz CT molecular complexity index is 344. The first kappa shape index (κ1) is 9.92. The van der Waals surface area contributed by atoms with Gasteiger partial charge in [0.25, 0.3) is 0 Å². The zero-order valence-electron chi connectivity index (χ0n) is 8.18. The Hall–Kier alpha value is -1.62. The topological polar surface area (TPSA) is 74.4 Å². The highest BCUT2D eigenvalue weighted by molar-refractivity contribution is 5.92. The van der Waals surface area contributed by atoms with Crippen LogP contribution in [-0.2, 0) is 4.74 Å². The molecule has 2 heterocycles. The van der Waals surface area contributed by atoms with Crippen molar-refractivity contribution in [1.29, 1.82) is 0 Å². The van der Waals surface area contributed by atoms with Crippen molar-refractivity contribution >= 4 is 5.91 Å². The van der Waals surface area contributed by atoms with Crippen LogP contribution in [0.2, 0.25) is 0 Å². The summed E-state index contributed by atoms with van der Waals surface area (Å²) in [5.74, 6) is 0.00810. The monoisotopic (exact) mass is 208 g/mol. The smallest absolute Gasteiger partial charge is 0.250 e. The summed E-state index contributed by atoms with van der Waals surface area (Å²) in [5.41, 5.74) is 5.47. The van der Waals surface area contributed by atoms with E-state index in [1.165, 1.54) is 6.20 Å². The molecule has 0 unspecified atom stereocenters. The normalized spacial score (nSPS) is 20.1. The Morgan fingerprint density at radius 3 is 3.00 bits per heavy atom. The number of ether oxygens (including phenoxy) is 2. The van der Waals surface area contributed by atoms with Gasteiger partial charge in [0, 0.05) is 18.7 Å². The zero-order valence-corrected chi connectivity index (χ0v) is 8.18. The summed E-state index contributed by atoms with van der Waals surface area (Å²) < 4.78 is 10.7. The van der Waals surface area contributed by atoms with Gasteiger partial charge in [-0.1, -0.05) is 0 Å². The molecule has 0 spiro atoms. The molecule has 1 aromatic rings. The molecule has 1 aliphatic rings. The minimum absolute atomic E-state index is 0.0666. The van der Waals surface area contributed by atoms with Gasteiger partial charge in [0.05, 0.1) is 18.8 Å². The van der Waals surface area contributed by atoms with Crippen molar-refractivity contribution in [2.75, 3.05) is 13.2 Å². The third kappa shape index (κ3) is 2.44. The predicted molar refractivity (Wildman–Crippen MR) is 52.6 cm³/mol. The van der Waals surface area contributed by atoms with Crippen molar-refractivity contribution in [1.82, 2.24) is 4.98 Å². The van der Waals surface area contributed by atoms with Gasteiger partial charge in [0.2, 0.25) is 11.8 Å². The molecule has 0 aromatic carbocycles. The van der Waals surface area contributed by atoms with Gasteiger partial charge in [0.1, 0.15) is 6.10 Å². The van der Waals surface area contributed by atoms with Crippen LogP contribution >= 0.6 is 0 Å². The number of hydrogen-bond donors (Lipinski definition) is 1. The molecule has 1 aromatic heterocycles. The standard InChI is InChI=1S/C10H12N2O3/c11-10(13)7-1-2-9(12-5-7)15-8-3-4-14-6-8/h1-2,5,8H,3-4,6H2,(H2,11,13)/t8-/m0/s1. The molecule has 1 saturated heterocycles. The Balaban J connectivity index is 2.00. The maximum absolute atomic E-state index is 10.8. The quantitative estimate of drug-likeness (QED) is 0.777. The molecule has 5 heteroatoms. The van der Waals surface area contributed by atoms with Gasteiger partial charge in [-0.15, -0.1) is 0 Å². The van der Waals surface area contributed by atoms with E-state index in [4.69, 9.17) is 15.2 Å². The first-order valence-electron chi connectivity index (χ1n) is 4.76. The Kier molecular flexibility index (Phi) is 2.82. The second-order valence-electron chi connectivity index (χ2n) is 3.35. The van der Waals surface area contributed by atoms with Crippen LogP contribution in [0.1, 0.15) is 16.8 Å². The summed E-state index contributed by atoms with van der Waals surface area (Å²) in [5, 5.41) is 0. The minimum atomic E-state index is -0.488. The van der Waals surface area contributed by atoms with E-state index < -0.39 is 5.91 Å². The second-order valence-corrected chi connectivity index (χ2v) is 3.35. The average Bonchev–Trinajstić information content (AvgIpc) is 2.71. The number of aromatic nitrogens is 1. The van der Waals surface area contributed by atoms with Gasteiger partial charge >= 0.3 is 0 Å². The van der Waals surface area contributed by atoms with E-state index in [0.29, 0.717) is 18.1 Å². The number of pyridine rings is 1.